The Bertz CT molecular complexity index is 1470. The smallest absolute Gasteiger partial charge is 0.274 e. The summed E-state index contributed by atoms with van der Waals surface area (Å²) in [5, 5.41) is 3.10. The monoisotopic (exact) mass is 554 g/mol. The van der Waals surface area contributed by atoms with Gasteiger partial charge in [0.05, 0.1) is 49.4 Å². The Morgan fingerprint density at radius 2 is 2.03 bits per heavy atom. The van der Waals surface area contributed by atoms with Gasteiger partial charge in [0.25, 0.3) is 5.56 Å². The molecule has 0 amide bonds. The number of pyridine rings is 2. The van der Waals surface area contributed by atoms with E-state index >= 15 is 0 Å². The lowest BCUT2D eigenvalue weighted by Gasteiger charge is -2.17. The van der Waals surface area contributed by atoms with Gasteiger partial charge in [0.1, 0.15) is 16.7 Å². The molecular formula is C28H29ClF2N6O2. The summed E-state index contributed by atoms with van der Waals surface area (Å²) in [6, 6.07) is 3.63. The van der Waals surface area contributed by atoms with Crippen molar-refractivity contribution in [3.8, 4) is 5.69 Å². The van der Waals surface area contributed by atoms with E-state index in [0.29, 0.717) is 73.2 Å². The number of aliphatic imine (C=N–C) groups is 3. The fourth-order valence-electron chi connectivity index (χ4n) is 4.17. The van der Waals surface area contributed by atoms with Gasteiger partial charge in [-0.15, -0.1) is 0 Å². The summed E-state index contributed by atoms with van der Waals surface area (Å²) in [4.78, 5) is 30.8. The molecule has 0 fully saturated rings. The minimum Gasteiger partial charge on any atom is -0.378 e. The molecule has 8 nitrogen and oxygen atoms in total. The highest BCUT2D eigenvalue weighted by Gasteiger charge is 2.17. The van der Waals surface area contributed by atoms with Gasteiger partial charge in [-0.05, 0) is 56.0 Å². The third-order valence-corrected chi connectivity index (χ3v) is 6.50. The van der Waals surface area contributed by atoms with E-state index in [1.807, 2.05) is 19.9 Å². The predicted molar refractivity (Wildman–Crippen MR) is 151 cm³/mol. The van der Waals surface area contributed by atoms with Gasteiger partial charge in [0, 0.05) is 42.8 Å². The summed E-state index contributed by atoms with van der Waals surface area (Å²) in [6.45, 7) is 5.79. The minimum atomic E-state index is -0.734. The van der Waals surface area contributed by atoms with Gasteiger partial charge in [-0.2, -0.15) is 0 Å². The zero-order valence-corrected chi connectivity index (χ0v) is 22.5. The molecule has 0 aliphatic carbocycles. The lowest BCUT2D eigenvalue weighted by Crippen LogP contribution is -2.24. The summed E-state index contributed by atoms with van der Waals surface area (Å²) in [5.74, 6) is -1.33. The van der Waals surface area contributed by atoms with E-state index in [4.69, 9.17) is 16.3 Å². The van der Waals surface area contributed by atoms with Crippen LogP contribution in [0.25, 0.3) is 5.69 Å². The number of nitrogens with zero attached hydrogens (tertiary/aromatic N) is 5. The number of nitrogens with one attached hydrogen (secondary N) is 1. The third-order valence-electron chi connectivity index (χ3n) is 6.10. The number of halogens is 3. The average Bonchev–Trinajstić information content (AvgIpc) is 3.06. The number of aromatic nitrogens is 2. The number of rotatable bonds is 5. The topological polar surface area (TPSA) is 93.2 Å². The molecule has 4 heterocycles. The van der Waals surface area contributed by atoms with Crippen LogP contribution in [0, 0.1) is 13.8 Å². The number of ether oxygens (including phenoxy) is 1. The molecule has 2 aromatic heterocycles. The van der Waals surface area contributed by atoms with Crippen molar-refractivity contribution in [3.05, 3.63) is 92.4 Å². The zero-order chi connectivity index (χ0) is 27.8. The molecule has 2 aliphatic rings. The van der Waals surface area contributed by atoms with Crippen molar-refractivity contribution in [2.24, 2.45) is 15.0 Å². The van der Waals surface area contributed by atoms with Gasteiger partial charge >= 0.3 is 0 Å². The maximum atomic E-state index is 13.8. The van der Waals surface area contributed by atoms with E-state index in [2.05, 4.69) is 25.3 Å². The summed E-state index contributed by atoms with van der Waals surface area (Å²) in [7, 11) is 0. The first-order chi connectivity index (χ1) is 18.8. The summed E-state index contributed by atoms with van der Waals surface area (Å²) in [5.41, 5.74) is 3.94. The van der Waals surface area contributed by atoms with E-state index in [0.717, 1.165) is 17.8 Å². The van der Waals surface area contributed by atoms with E-state index in [9.17, 15) is 13.6 Å². The van der Waals surface area contributed by atoms with Crippen molar-refractivity contribution >= 4 is 29.4 Å². The van der Waals surface area contributed by atoms with Crippen LogP contribution in [0.1, 0.15) is 35.4 Å². The van der Waals surface area contributed by atoms with E-state index in [1.54, 1.807) is 35.4 Å². The quantitative estimate of drug-likeness (QED) is 0.569. The normalized spacial score (nSPS) is 19.6. The molecular weight excluding hydrogens is 526 g/mol. The molecule has 2 aliphatic heterocycles. The Kier molecular flexibility index (Phi) is 9.67. The van der Waals surface area contributed by atoms with Gasteiger partial charge in [0.2, 0.25) is 0 Å². The van der Waals surface area contributed by atoms with Crippen LogP contribution in [0.2, 0.25) is 5.02 Å². The first kappa shape index (κ1) is 28.3. The van der Waals surface area contributed by atoms with Crippen LogP contribution in [0.3, 0.4) is 0 Å². The van der Waals surface area contributed by atoms with E-state index in [1.165, 1.54) is 0 Å². The second-order valence-corrected chi connectivity index (χ2v) is 9.40. The maximum Gasteiger partial charge on any atom is 0.274 e. The molecule has 1 N–H and O–H groups in total. The highest BCUT2D eigenvalue weighted by molar-refractivity contribution is 6.31. The molecule has 204 valence electrons. The SMILES string of the molecule is Cc1cnc(C2=N/CCOCCN/C=N/C=C\2)cc1-n1c(C)cc(CCC2=NC=C(F)C=C(F)C2)c(Cl)c1=O. The zero-order valence-electron chi connectivity index (χ0n) is 21.8. The van der Waals surface area contributed by atoms with Crippen LogP contribution in [0.5, 0.6) is 0 Å². The largest absolute Gasteiger partial charge is 0.378 e. The fourth-order valence-corrected chi connectivity index (χ4v) is 4.40. The molecule has 0 atom stereocenters. The van der Waals surface area contributed by atoms with Gasteiger partial charge < -0.3 is 10.1 Å². The Morgan fingerprint density at radius 1 is 1.18 bits per heavy atom. The molecule has 0 bridgehead atoms. The number of hydrogen-bond acceptors (Lipinski definition) is 7. The summed E-state index contributed by atoms with van der Waals surface area (Å²) >= 11 is 6.55. The maximum absolute atomic E-state index is 13.8. The van der Waals surface area contributed by atoms with Gasteiger partial charge in [-0.3, -0.25) is 24.3 Å². The van der Waals surface area contributed by atoms with Crippen molar-refractivity contribution in [1.29, 1.82) is 0 Å². The van der Waals surface area contributed by atoms with Crippen LogP contribution < -0.4 is 10.9 Å². The first-order valence-electron chi connectivity index (χ1n) is 12.5. The Hall–Kier alpha value is -3.76. The van der Waals surface area contributed by atoms with E-state index < -0.39 is 11.7 Å². The van der Waals surface area contributed by atoms with Crippen LogP contribution in [-0.4, -0.2) is 53.6 Å². The van der Waals surface area contributed by atoms with Crippen molar-refractivity contribution in [2.75, 3.05) is 26.3 Å². The molecule has 0 radical (unpaired) electrons. The van der Waals surface area contributed by atoms with Crippen LogP contribution in [0.15, 0.2) is 74.3 Å². The molecule has 0 saturated carbocycles. The molecule has 0 unspecified atom stereocenters. The summed E-state index contributed by atoms with van der Waals surface area (Å²) < 4.78 is 34.3. The minimum absolute atomic E-state index is 0.0625. The molecule has 0 spiro atoms. The van der Waals surface area contributed by atoms with Crippen molar-refractivity contribution in [2.45, 2.75) is 33.1 Å². The van der Waals surface area contributed by atoms with Crippen LogP contribution in [0.4, 0.5) is 8.78 Å². The fraction of sp³-hybridized carbons (Fsp3) is 0.321. The first-order valence-corrected chi connectivity index (χ1v) is 12.9. The Labute approximate surface area is 230 Å². The van der Waals surface area contributed by atoms with Gasteiger partial charge in [-0.25, -0.2) is 13.8 Å². The lowest BCUT2D eigenvalue weighted by molar-refractivity contribution is 0.147. The van der Waals surface area contributed by atoms with Crippen molar-refractivity contribution in [3.63, 3.8) is 0 Å². The van der Waals surface area contributed by atoms with Crippen LogP contribution in [-0.2, 0) is 11.2 Å². The molecule has 2 aromatic rings. The molecule has 11 heteroatoms. The predicted octanol–water partition coefficient (Wildman–Crippen LogP) is 4.90. The standard InChI is InChI=1S/C28H29ClF2N6O2/c1-18-15-36-25(24-5-6-32-17-33-7-9-39-10-8-34-24)14-26(18)37-19(2)11-20(27(29)28(37)38)3-4-23-13-21(30)12-22(31)16-35-23/h5-6,11-12,14-17H,3-4,7-10,13H2,1-2H3,(H,32,33)/b6-5-,34-24+. The number of allylic oxidation sites excluding steroid dienone is 4. The molecule has 39 heavy (non-hydrogen) atoms. The molecule has 0 aromatic carbocycles. The Morgan fingerprint density at radius 3 is 2.87 bits per heavy atom. The molecule has 4 rings (SSSR count). The highest BCUT2D eigenvalue weighted by atomic mass is 35.5. The number of aryl methyl sites for hydroxylation is 3. The number of hydrogen-bond donors (Lipinski definition) is 1. The third kappa shape index (κ3) is 7.42. The van der Waals surface area contributed by atoms with Gasteiger partial charge in [-0.1, -0.05) is 11.6 Å². The molecule has 0 saturated heterocycles. The van der Waals surface area contributed by atoms with E-state index in [-0.39, 0.29) is 17.0 Å². The highest BCUT2D eigenvalue weighted by Crippen LogP contribution is 2.23. The lowest BCUT2D eigenvalue weighted by atomic mass is 10.0. The van der Waals surface area contributed by atoms with Crippen molar-refractivity contribution in [1.82, 2.24) is 14.9 Å². The second kappa shape index (κ2) is 13.3. The van der Waals surface area contributed by atoms with Gasteiger partial charge in [0.15, 0.2) is 0 Å². The van der Waals surface area contributed by atoms with Crippen LogP contribution >= 0.6 is 11.6 Å². The van der Waals surface area contributed by atoms with Crippen molar-refractivity contribution < 1.29 is 13.5 Å². The summed E-state index contributed by atoms with van der Waals surface area (Å²) in [6.07, 6.45) is 9.08. The second-order valence-electron chi connectivity index (χ2n) is 9.03. The average molecular weight is 555 g/mol. The Balaban J connectivity index is 1.64.